The van der Waals surface area contributed by atoms with Gasteiger partial charge in [0.2, 0.25) is 0 Å². The van der Waals surface area contributed by atoms with Gasteiger partial charge in [-0.25, -0.2) is 0 Å². The Balaban J connectivity index is 1.78. The Morgan fingerprint density at radius 2 is 1.60 bits per heavy atom. The van der Waals surface area contributed by atoms with Gasteiger partial charge in [0.25, 0.3) is 5.91 Å². The Morgan fingerprint density at radius 1 is 0.867 bits per heavy atom. The molecule has 0 radical (unpaired) electrons. The van der Waals surface area contributed by atoms with Gasteiger partial charge in [0.05, 0.1) is 19.8 Å². The van der Waals surface area contributed by atoms with E-state index in [0.717, 1.165) is 16.9 Å². The molecule has 3 rings (SSSR count). The highest BCUT2D eigenvalue weighted by Gasteiger charge is 2.18. The van der Waals surface area contributed by atoms with Gasteiger partial charge in [-0.05, 0) is 48.4 Å². The Morgan fingerprint density at radius 3 is 2.30 bits per heavy atom. The van der Waals surface area contributed by atoms with E-state index in [1.54, 1.807) is 19.2 Å². The van der Waals surface area contributed by atoms with E-state index in [2.05, 4.69) is 5.32 Å². The van der Waals surface area contributed by atoms with Gasteiger partial charge < -0.3 is 19.5 Å². The molecule has 0 saturated carbocycles. The molecule has 0 aliphatic carbocycles. The van der Waals surface area contributed by atoms with Crippen LogP contribution >= 0.6 is 0 Å². The summed E-state index contributed by atoms with van der Waals surface area (Å²) in [5.41, 5.74) is 2.51. The van der Waals surface area contributed by atoms with Crippen molar-refractivity contribution in [3.05, 3.63) is 95.6 Å². The number of hydrogen-bond acceptors (Lipinski definition) is 4. The number of benzene rings is 3. The lowest BCUT2D eigenvalue weighted by Crippen LogP contribution is -2.29. The lowest BCUT2D eigenvalue weighted by molar-refractivity contribution is 0.0941. The van der Waals surface area contributed by atoms with E-state index in [1.807, 2.05) is 73.7 Å². The quantitative estimate of drug-likeness (QED) is 0.500. The van der Waals surface area contributed by atoms with E-state index in [-0.39, 0.29) is 11.9 Å². The van der Waals surface area contributed by atoms with Crippen molar-refractivity contribution in [2.75, 3.05) is 26.9 Å². The predicted molar refractivity (Wildman–Crippen MR) is 117 cm³/mol. The zero-order valence-electron chi connectivity index (χ0n) is 17.3. The van der Waals surface area contributed by atoms with Crippen molar-refractivity contribution in [3.8, 4) is 11.5 Å². The first kappa shape index (κ1) is 21.4. The number of hydrogen-bond donors (Lipinski definition) is 1. The number of carbonyl (C=O) groups is 1. The highest BCUT2D eigenvalue weighted by Crippen LogP contribution is 2.25. The second-order valence-corrected chi connectivity index (χ2v) is 6.66. The molecule has 3 aromatic rings. The zero-order valence-corrected chi connectivity index (χ0v) is 17.3. The molecule has 0 aliphatic heterocycles. The number of nitrogens with one attached hydrogen (secondary N) is 1. The molecule has 0 spiro atoms. The Bertz CT molecular complexity index is 925. The summed E-state index contributed by atoms with van der Waals surface area (Å²) in [6, 6.07) is 24.5. The topological polar surface area (TPSA) is 56.8 Å². The molecule has 0 heterocycles. The Labute approximate surface area is 177 Å². The van der Waals surface area contributed by atoms with Crippen LogP contribution in [0, 0.1) is 0 Å². The molecule has 3 aromatic carbocycles. The van der Waals surface area contributed by atoms with E-state index in [1.165, 1.54) is 0 Å². The first-order chi connectivity index (χ1) is 14.7. The minimum absolute atomic E-state index is 0.171. The second kappa shape index (κ2) is 11.0. The first-order valence-corrected chi connectivity index (χ1v) is 10.0. The third-order valence-corrected chi connectivity index (χ3v) is 4.65. The fourth-order valence-electron chi connectivity index (χ4n) is 3.11. The fourth-order valence-corrected chi connectivity index (χ4v) is 3.11. The van der Waals surface area contributed by atoms with Crippen molar-refractivity contribution >= 4 is 5.91 Å². The molecule has 0 aromatic heterocycles. The molecule has 0 saturated heterocycles. The summed E-state index contributed by atoms with van der Waals surface area (Å²) in [6.07, 6.45) is 0. The smallest absolute Gasteiger partial charge is 0.252 e. The van der Waals surface area contributed by atoms with Crippen molar-refractivity contribution in [2.24, 2.45) is 0 Å². The Kier molecular flexibility index (Phi) is 7.86. The van der Waals surface area contributed by atoms with Crippen LogP contribution in [-0.2, 0) is 4.74 Å². The molecule has 5 nitrogen and oxygen atoms in total. The maximum absolute atomic E-state index is 13.0. The normalized spacial score (nSPS) is 11.5. The van der Waals surface area contributed by atoms with Crippen molar-refractivity contribution < 1.29 is 19.0 Å². The van der Waals surface area contributed by atoms with E-state index in [4.69, 9.17) is 14.2 Å². The zero-order chi connectivity index (χ0) is 21.2. The van der Waals surface area contributed by atoms with Gasteiger partial charge in [-0.3, -0.25) is 4.79 Å². The summed E-state index contributed by atoms with van der Waals surface area (Å²) in [5, 5.41) is 3.15. The molecule has 5 heteroatoms. The average Bonchev–Trinajstić information content (AvgIpc) is 2.81. The van der Waals surface area contributed by atoms with Gasteiger partial charge in [-0.15, -0.1) is 0 Å². The monoisotopic (exact) mass is 405 g/mol. The van der Waals surface area contributed by atoms with Crippen LogP contribution in [0.1, 0.15) is 34.5 Å². The lowest BCUT2D eigenvalue weighted by atomic mass is 9.98. The van der Waals surface area contributed by atoms with Crippen LogP contribution in [0.4, 0.5) is 0 Å². The number of carbonyl (C=O) groups excluding carboxylic acids is 1. The van der Waals surface area contributed by atoms with Crippen molar-refractivity contribution in [2.45, 2.75) is 13.0 Å². The number of rotatable bonds is 10. The second-order valence-electron chi connectivity index (χ2n) is 6.66. The molecule has 1 amide bonds. The maximum atomic E-state index is 13.0. The van der Waals surface area contributed by atoms with Crippen LogP contribution < -0.4 is 14.8 Å². The molecular formula is C25H27NO4. The molecule has 156 valence electrons. The average molecular weight is 405 g/mol. The van der Waals surface area contributed by atoms with Gasteiger partial charge in [0.1, 0.15) is 18.1 Å². The molecule has 0 bridgehead atoms. The van der Waals surface area contributed by atoms with Crippen LogP contribution in [0.25, 0.3) is 0 Å². The van der Waals surface area contributed by atoms with Crippen molar-refractivity contribution in [3.63, 3.8) is 0 Å². The molecule has 1 N–H and O–H groups in total. The molecule has 1 atom stereocenters. The van der Waals surface area contributed by atoms with E-state index in [0.29, 0.717) is 31.1 Å². The molecule has 1 unspecified atom stereocenters. The first-order valence-electron chi connectivity index (χ1n) is 10.0. The van der Waals surface area contributed by atoms with Gasteiger partial charge in [0.15, 0.2) is 0 Å². The summed E-state index contributed by atoms with van der Waals surface area (Å²) in [5.74, 6) is 1.24. The molecular weight excluding hydrogens is 378 g/mol. The largest absolute Gasteiger partial charge is 0.497 e. The fraction of sp³-hybridized carbons (Fsp3) is 0.240. The lowest BCUT2D eigenvalue weighted by Gasteiger charge is -2.20. The van der Waals surface area contributed by atoms with Gasteiger partial charge >= 0.3 is 0 Å². The van der Waals surface area contributed by atoms with Crippen LogP contribution in [-0.4, -0.2) is 32.8 Å². The van der Waals surface area contributed by atoms with Gasteiger partial charge in [-0.2, -0.15) is 0 Å². The summed E-state index contributed by atoms with van der Waals surface area (Å²) < 4.78 is 16.2. The van der Waals surface area contributed by atoms with E-state index >= 15 is 0 Å². The highest BCUT2D eigenvalue weighted by molar-refractivity contribution is 5.95. The number of ether oxygens (including phenoxy) is 3. The standard InChI is InChI=1S/C25H27NO4/c1-3-29-16-17-30-23-11-7-10-21(18-23)25(27)26-24(19-8-5-4-6-9-19)20-12-14-22(28-2)15-13-20/h4-15,18,24H,3,16-17H2,1-2H3,(H,26,27). The third-order valence-electron chi connectivity index (χ3n) is 4.65. The van der Waals surface area contributed by atoms with Crippen LogP contribution in [0.5, 0.6) is 11.5 Å². The highest BCUT2D eigenvalue weighted by atomic mass is 16.5. The van der Waals surface area contributed by atoms with Crippen molar-refractivity contribution in [1.82, 2.24) is 5.32 Å². The van der Waals surface area contributed by atoms with Crippen molar-refractivity contribution in [1.29, 1.82) is 0 Å². The van der Waals surface area contributed by atoms with E-state index in [9.17, 15) is 4.79 Å². The maximum Gasteiger partial charge on any atom is 0.252 e. The number of methoxy groups -OCH3 is 1. The van der Waals surface area contributed by atoms with E-state index < -0.39 is 0 Å². The predicted octanol–water partition coefficient (Wildman–Crippen LogP) is 4.63. The summed E-state index contributed by atoms with van der Waals surface area (Å²) >= 11 is 0. The Hall–Kier alpha value is -3.31. The van der Waals surface area contributed by atoms with Crippen LogP contribution in [0.15, 0.2) is 78.9 Å². The van der Waals surface area contributed by atoms with Gasteiger partial charge in [0, 0.05) is 12.2 Å². The van der Waals surface area contributed by atoms with Crippen LogP contribution in [0.2, 0.25) is 0 Å². The number of amides is 1. The summed E-state index contributed by atoms with van der Waals surface area (Å²) in [4.78, 5) is 13.0. The molecule has 0 aliphatic rings. The molecule has 0 fully saturated rings. The minimum atomic E-state index is -0.285. The molecule has 30 heavy (non-hydrogen) atoms. The summed E-state index contributed by atoms with van der Waals surface area (Å²) in [6.45, 7) is 3.55. The summed E-state index contributed by atoms with van der Waals surface area (Å²) in [7, 11) is 1.63. The van der Waals surface area contributed by atoms with Crippen LogP contribution in [0.3, 0.4) is 0 Å². The SMILES string of the molecule is CCOCCOc1cccc(C(=O)NC(c2ccccc2)c2ccc(OC)cc2)c1. The van der Waals surface area contributed by atoms with Gasteiger partial charge in [-0.1, -0.05) is 48.5 Å². The third kappa shape index (κ3) is 5.84. The minimum Gasteiger partial charge on any atom is -0.497 e.